The molecule has 0 saturated carbocycles. The second kappa shape index (κ2) is 3.96. The van der Waals surface area contributed by atoms with E-state index in [1.807, 2.05) is 25.1 Å². The number of benzene rings is 1. The highest BCUT2D eigenvalue weighted by molar-refractivity contribution is 5.77. The van der Waals surface area contributed by atoms with Crippen molar-refractivity contribution in [2.45, 2.75) is 26.9 Å². The second-order valence-corrected chi connectivity index (χ2v) is 3.59. The number of aryl methyl sites for hydroxylation is 1. The summed E-state index contributed by atoms with van der Waals surface area (Å²) in [7, 11) is 0. The van der Waals surface area contributed by atoms with Gasteiger partial charge in [0.1, 0.15) is 0 Å². The fourth-order valence-electron chi connectivity index (χ4n) is 1.96. The zero-order valence-electron chi connectivity index (χ0n) is 9.43. The molecule has 2 aromatic rings. The number of fused-ring (bicyclic) bond motifs is 1. The number of rotatable bonds is 2. The Morgan fingerprint density at radius 3 is 2.25 bits per heavy atom. The minimum absolute atomic E-state index is 0.201. The molecule has 0 atom stereocenters. The van der Waals surface area contributed by atoms with Gasteiger partial charge in [-0.15, -0.1) is 0 Å². The number of aromatic nitrogens is 2. The molecule has 0 aliphatic heterocycles. The summed E-state index contributed by atoms with van der Waals surface area (Å²) in [6, 6.07) is 7.22. The SMILES string of the molecule is CCn1c(=O)c2ccccc2n(CC)c1=O. The number of hydrogen-bond acceptors (Lipinski definition) is 2. The molecule has 0 N–H and O–H groups in total. The van der Waals surface area contributed by atoms with Gasteiger partial charge in [-0.25, -0.2) is 4.79 Å². The quantitative estimate of drug-likeness (QED) is 0.760. The molecule has 1 aromatic heterocycles. The fraction of sp³-hybridized carbons (Fsp3) is 0.333. The zero-order chi connectivity index (χ0) is 11.7. The zero-order valence-corrected chi connectivity index (χ0v) is 9.43. The van der Waals surface area contributed by atoms with Crippen LogP contribution in [0.3, 0.4) is 0 Å². The highest BCUT2D eigenvalue weighted by Gasteiger charge is 2.09. The van der Waals surface area contributed by atoms with Crippen molar-refractivity contribution in [3.05, 3.63) is 45.1 Å². The first-order chi connectivity index (χ1) is 7.70. The van der Waals surface area contributed by atoms with Crippen LogP contribution in [0.2, 0.25) is 0 Å². The molecule has 0 aliphatic carbocycles. The van der Waals surface area contributed by atoms with Crippen molar-refractivity contribution in [1.82, 2.24) is 9.13 Å². The third-order valence-corrected chi connectivity index (χ3v) is 2.76. The lowest BCUT2D eigenvalue weighted by Gasteiger charge is -2.10. The lowest BCUT2D eigenvalue weighted by atomic mass is 10.2. The van der Waals surface area contributed by atoms with E-state index in [1.165, 1.54) is 4.57 Å². The second-order valence-electron chi connectivity index (χ2n) is 3.59. The van der Waals surface area contributed by atoms with Crippen LogP contribution in [0.15, 0.2) is 33.9 Å². The molecule has 0 bridgehead atoms. The molecule has 0 amide bonds. The van der Waals surface area contributed by atoms with E-state index >= 15 is 0 Å². The molecule has 1 aromatic carbocycles. The van der Waals surface area contributed by atoms with E-state index in [1.54, 1.807) is 17.6 Å². The van der Waals surface area contributed by atoms with Crippen LogP contribution < -0.4 is 11.2 Å². The smallest absolute Gasteiger partial charge is 0.293 e. The van der Waals surface area contributed by atoms with Crippen LogP contribution in [0.25, 0.3) is 10.9 Å². The average Bonchev–Trinajstić information content (AvgIpc) is 2.30. The molecule has 2 rings (SSSR count). The lowest BCUT2D eigenvalue weighted by Crippen LogP contribution is -2.39. The van der Waals surface area contributed by atoms with Gasteiger partial charge in [-0.05, 0) is 26.0 Å². The van der Waals surface area contributed by atoms with Gasteiger partial charge in [0.05, 0.1) is 10.9 Å². The monoisotopic (exact) mass is 218 g/mol. The Bertz CT molecular complexity index is 637. The molecule has 0 radical (unpaired) electrons. The summed E-state index contributed by atoms with van der Waals surface area (Å²) in [6.07, 6.45) is 0. The van der Waals surface area contributed by atoms with Gasteiger partial charge >= 0.3 is 5.69 Å². The Labute approximate surface area is 92.8 Å². The highest BCUT2D eigenvalue weighted by Crippen LogP contribution is 2.06. The maximum atomic E-state index is 12.0. The highest BCUT2D eigenvalue weighted by atomic mass is 16.2. The minimum atomic E-state index is -0.228. The van der Waals surface area contributed by atoms with Crippen molar-refractivity contribution >= 4 is 10.9 Å². The van der Waals surface area contributed by atoms with Crippen LogP contribution in [-0.4, -0.2) is 9.13 Å². The summed E-state index contributed by atoms with van der Waals surface area (Å²) >= 11 is 0. The Kier molecular flexibility index (Phi) is 2.64. The van der Waals surface area contributed by atoms with Gasteiger partial charge in [-0.3, -0.25) is 13.9 Å². The van der Waals surface area contributed by atoms with Crippen LogP contribution >= 0.6 is 0 Å². The first kappa shape index (κ1) is 10.7. The Morgan fingerprint density at radius 2 is 1.62 bits per heavy atom. The molecule has 1 heterocycles. The summed E-state index contributed by atoms with van der Waals surface area (Å²) in [5.74, 6) is 0. The van der Waals surface area contributed by atoms with E-state index in [4.69, 9.17) is 0 Å². The Hall–Kier alpha value is -1.84. The van der Waals surface area contributed by atoms with E-state index in [-0.39, 0.29) is 11.2 Å². The van der Waals surface area contributed by atoms with Crippen LogP contribution in [0, 0.1) is 0 Å². The standard InChI is InChI=1S/C12H14N2O2/c1-3-13-10-8-6-5-7-9(10)11(15)14(4-2)12(13)16/h5-8H,3-4H2,1-2H3. The van der Waals surface area contributed by atoms with Crippen molar-refractivity contribution in [2.75, 3.05) is 0 Å². The predicted octanol–water partition coefficient (Wildman–Crippen LogP) is 1.20. The first-order valence-electron chi connectivity index (χ1n) is 5.43. The molecule has 84 valence electrons. The van der Waals surface area contributed by atoms with E-state index in [0.717, 1.165) is 0 Å². The molecule has 0 fully saturated rings. The van der Waals surface area contributed by atoms with Gasteiger partial charge in [0.2, 0.25) is 0 Å². The van der Waals surface area contributed by atoms with Gasteiger partial charge in [-0.1, -0.05) is 12.1 Å². The molecule has 0 unspecified atom stereocenters. The number of para-hydroxylation sites is 1. The normalized spacial score (nSPS) is 10.9. The molecular formula is C12H14N2O2. The molecule has 16 heavy (non-hydrogen) atoms. The van der Waals surface area contributed by atoms with E-state index in [2.05, 4.69) is 0 Å². The summed E-state index contributed by atoms with van der Waals surface area (Å²) in [6.45, 7) is 4.68. The van der Waals surface area contributed by atoms with Gasteiger partial charge in [0.25, 0.3) is 5.56 Å². The van der Waals surface area contributed by atoms with E-state index in [9.17, 15) is 9.59 Å². The van der Waals surface area contributed by atoms with Gasteiger partial charge in [0.15, 0.2) is 0 Å². The Morgan fingerprint density at radius 1 is 1.00 bits per heavy atom. The summed E-state index contributed by atoms with van der Waals surface area (Å²) in [5.41, 5.74) is 0.284. The van der Waals surface area contributed by atoms with Gasteiger partial charge < -0.3 is 0 Å². The van der Waals surface area contributed by atoms with Gasteiger partial charge in [-0.2, -0.15) is 0 Å². The third kappa shape index (κ3) is 1.38. The maximum Gasteiger partial charge on any atom is 0.331 e. The molecule has 4 nitrogen and oxygen atoms in total. The lowest BCUT2D eigenvalue weighted by molar-refractivity contribution is 0.609. The number of nitrogens with zero attached hydrogens (tertiary/aromatic N) is 2. The molecular weight excluding hydrogens is 204 g/mol. The third-order valence-electron chi connectivity index (χ3n) is 2.76. The van der Waals surface area contributed by atoms with Crippen molar-refractivity contribution < 1.29 is 0 Å². The van der Waals surface area contributed by atoms with Crippen LogP contribution in [0.1, 0.15) is 13.8 Å². The maximum absolute atomic E-state index is 12.0. The largest absolute Gasteiger partial charge is 0.331 e. The summed E-state index contributed by atoms with van der Waals surface area (Å²) in [5, 5.41) is 0.603. The Balaban J connectivity index is 3.07. The fourth-order valence-corrected chi connectivity index (χ4v) is 1.96. The minimum Gasteiger partial charge on any atom is -0.293 e. The van der Waals surface area contributed by atoms with Crippen LogP contribution in [-0.2, 0) is 13.1 Å². The average molecular weight is 218 g/mol. The summed E-state index contributed by atoms with van der Waals surface area (Å²) < 4.78 is 2.89. The van der Waals surface area contributed by atoms with Crippen LogP contribution in [0.4, 0.5) is 0 Å². The first-order valence-corrected chi connectivity index (χ1v) is 5.43. The van der Waals surface area contributed by atoms with Crippen LogP contribution in [0.5, 0.6) is 0 Å². The van der Waals surface area contributed by atoms with E-state index in [0.29, 0.717) is 24.0 Å². The molecule has 0 aliphatic rings. The summed E-state index contributed by atoms with van der Waals surface area (Å²) in [4.78, 5) is 24.0. The predicted molar refractivity (Wildman–Crippen MR) is 63.8 cm³/mol. The van der Waals surface area contributed by atoms with Crippen molar-refractivity contribution in [2.24, 2.45) is 0 Å². The molecule has 4 heteroatoms. The van der Waals surface area contributed by atoms with Crippen molar-refractivity contribution in [3.63, 3.8) is 0 Å². The number of hydrogen-bond donors (Lipinski definition) is 0. The van der Waals surface area contributed by atoms with Crippen molar-refractivity contribution in [1.29, 1.82) is 0 Å². The van der Waals surface area contributed by atoms with E-state index < -0.39 is 0 Å². The molecule has 0 spiro atoms. The van der Waals surface area contributed by atoms with Crippen molar-refractivity contribution in [3.8, 4) is 0 Å². The van der Waals surface area contributed by atoms with Gasteiger partial charge in [0, 0.05) is 13.1 Å². The molecule has 0 saturated heterocycles. The topological polar surface area (TPSA) is 44.0 Å².